The molecule has 0 aliphatic carbocycles. The quantitative estimate of drug-likeness (QED) is 0.303. The van der Waals surface area contributed by atoms with Gasteiger partial charge in [0.2, 0.25) is 5.91 Å². The second-order valence-electron chi connectivity index (χ2n) is 7.41. The van der Waals surface area contributed by atoms with Crippen LogP contribution in [-0.2, 0) is 11.3 Å². The van der Waals surface area contributed by atoms with Crippen molar-refractivity contribution in [3.63, 3.8) is 0 Å². The number of nitrogens with zero attached hydrogens (tertiary/aromatic N) is 3. The van der Waals surface area contributed by atoms with E-state index >= 15 is 0 Å². The summed E-state index contributed by atoms with van der Waals surface area (Å²) in [7, 11) is 0. The molecule has 1 heterocycles. The summed E-state index contributed by atoms with van der Waals surface area (Å²) in [5.41, 5.74) is 1.69. The summed E-state index contributed by atoms with van der Waals surface area (Å²) in [5.74, 6) is 0.676. The van der Waals surface area contributed by atoms with Crippen molar-refractivity contribution in [3.8, 4) is 0 Å². The lowest BCUT2D eigenvalue weighted by Crippen LogP contribution is -2.56. The standard InChI is InChI=1S/C21H32F3N5O.HI/c1-4-7-19(30)27-18-9-6-8-17(14-18)15-26-20(25-5-2)29-12-10-28(11-13-29)16(3)21(22,23)24;/h6,8-9,14,16H,4-5,7,10-13,15H2,1-3H3,(H,25,26)(H,27,30);1H. The predicted octanol–water partition coefficient (Wildman–Crippen LogP) is 4.08. The third kappa shape index (κ3) is 8.83. The lowest BCUT2D eigenvalue weighted by molar-refractivity contribution is -0.181. The van der Waals surface area contributed by atoms with Crippen LogP contribution in [0.2, 0.25) is 0 Å². The van der Waals surface area contributed by atoms with Crippen molar-refractivity contribution < 1.29 is 18.0 Å². The fraction of sp³-hybridized carbons (Fsp3) is 0.619. The maximum Gasteiger partial charge on any atom is 0.403 e. The Balaban J connectivity index is 0.00000480. The molecular weight excluding hydrogens is 522 g/mol. The van der Waals surface area contributed by atoms with Gasteiger partial charge in [-0.25, -0.2) is 4.99 Å². The zero-order valence-electron chi connectivity index (χ0n) is 18.3. The Morgan fingerprint density at radius 2 is 1.87 bits per heavy atom. The first-order valence-electron chi connectivity index (χ1n) is 10.5. The SMILES string of the molecule is CCCC(=O)Nc1cccc(CN=C(NCC)N2CCN(C(C)C(F)(F)F)CC2)c1.I. The highest BCUT2D eigenvalue weighted by molar-refractivity contribution is 14.0. The van der Waals surface area contributed by atoms with Crippen molar-refractivity contribution >= 4 is 41.5 Å². The Labute approximate surface area is 199 Å². The van der Waals surface area contributed by atoms with E-state index in [4.69, 9.17) is 0 Å². The molecule has 31 heavy (non-hydrogen) atoms. The molecule has 0 radical (unpaired) electrons. The summed E-state index contributed by atoms with van der Waals surface area (Å²) < 4.78 is 38.9. The average Bonchev–Trinajstić information content (AvgIpc) is 2.70. The summed E-state index contributed by atoms with van der Waals surface area (Å²) in [6.07, 6.45) is -2.94. The lowest BCUT2D eigenvalue weighted by Gasteiger charge is -2.39. The van der Waals surface area contributed by atoms with Crippen LogP contribution in [0.25, 0.3) is 0 Å². The molecule has 0 aromatic heterocycles. The number of piperazine rings is 1. The summed E-state index contributed by atoms with van der Waals surface area (Å²) in [4.78, 5) is 19.9. The first-order valence-corrected chi connectivity index (χ1v) is 10.5. The van der Waals surface area contributed by atoms with Gasteiger partial charge in [-0.3, -0.25) is 9.69 Å². The molecule has 1 unspecified atom stereocenters. The molecule has 1 aromatic rings. The number of hydrogen-bond donors (Lipinski definition) is 2. The molecule has 2 rings (SSSR count). The lowest BCUT2D eigenvalue weighted by atomic mass is 10.2. The van der Waals surface area contributed by atoms with Crippen LogP contribution in [0.15, 0.2) is 29.3 Å². The maximum atomic E-state index is 13.0. The summed E-state index contributed by atoms with van der Waals surface area (Å²) in [5, 5.41) is 6.10. The monoisotopic (exact) mass is 555 g/mol. The van der Waals surface area contributed by atoms with E-state index in [0.29, 0.717) is 51.6 Å². The van der Waals surface area contributed by atoms with Gasteiger partial charge in [0, 0.05) is 44.8 Å². The molecule has 176 valence electrons. The fourth-order valence-electron chi connectivity index (χ4n) is 3.32. The molecule has 1 aliphatic rings. The highest BCUT2D eigenvalue weighted by Gasteiger charge is 2.41. The second kappa shape index (κ2) is 13.1. The van der Waals surface area contributed by atoms with Crippen LogP contribution in [0.1, 0.15) is 39.2 Å². The predicted molar refractivity (Wildman–Crippen MR) is 129 cm³/mol. The van der Waals surface area contributed by atoms with Gasteiger partial charge in [0.1, 0.15) is 6.04 Å². The van der Waals surface area contributed by atoms with Crippen LogP contribution < -0.4 is 10.6 Å². The van der Waals surface area contributed by atoms with Crippen LogP contribution in [0.5, 0.6) is 0 Å². The first-order chi connectivity index (χ1) is 14.2. The van der Waals surface area contributed by atoms with E-state index in [0.717, 1.165) is 17.7 Å². The largest absolute Gasteiger partial charge is 0.403 e. The molecule has 6 nitrogen and oxygen atoms in total. The van der Waals surface area contributed by atoms with Gasteiger partial charge in [0.05, 0.1) is 6.54 Å². The highest BCUT2D eigenvalue weighted by Crippen LogP contribution is 2.25. The molecule has 1 aliphatic heterocycles. The Bertz CT molecular complexity index is 721. The molecule has 2 N–H and O–H groups in total. The molecular formula is C21H33F3IN5O. The Morgan fingerprint density at radius 1 is 1.19 bits per heavy atom. The van der Waals surface area contributed by atoms with Crippen molar-refractivity contribution in [1.82, 2.24) is 15.1 Å². The van der Waals surface area contributed by atoms with E-state index < -0.39 is 12.2 Å². The molecule has 1 aromatic carbocycles. The van der Waals surface area contributed by atoms with Crippen molar-refractivity contribution in [3.05, 3.63) is 29.8 Å². The van der Waals surface area contributed by atoms with Crippen molar-refractivity contribution in [1.29, 1.82) is 0 Å². The smallest absolute Gasteiger partial charge is 0.357 e. The number of hydrogen-bond acceptors (Lipinski definition) is 3. The van der Waals surface area contributed by atoms with Crippen molar-refractivity contribution in [2.75, 3.05) is 38.0 Å². The van der Waals surface area contributed by atoms with Crippen LogP contribution in [0.4, 0.5) is 18.9 Å². The Morgan fingerprint density at radius 3 is 2.45 bits per heavy atom. The molecule has 10 heteroatoms. The normalized spacial score (nSPS) is 16.5. The zero-order valence-corrected chi connectivity index (χ0v) is 20.7. The van der Waals surface area contributed by atoms with Crippen LogP contribution in [-0.4, -0.2) is 66.6 Å². The number of rotatable bonds is 7. The number of aliphatic imine (C=N–C) groups is 1. The molecule has 1 atom stereocenters. The number of alkyl halides is 3. The fourth-order valence-corrected chi connectivity index (χ4v) is 3.32. The number of anilines is 1. The Hall–Kier alpha value is -1.56. The minimum Gasteiger partial charge on any atom is -0.357 e. The van der Waals surface area contributed by atoms with Gasteiger partial charge < -0.3 is 15.5 Å². The number of nitrogens with one attached hydrogen (secondary N) is 2. The van der Waals surface area contributed by atoms with E-state index in [1.165, 1.54) is 11.8 Å². The third-order valence-corrected chi connectivity index (χ3v) is 5.07. The molecule has 0 saturated carbocycles. The van der Waals surface area contributed by atoms with Gasteiger partial charge in [-0.2, -0.15) is 13.2 Å². The molecule has 1 fully saturated rings. The molecule has 1 amide bonds. The second-order valence-corrected chi connectivity index (χ2v) is 7.41. The summed E-state index contributed by atoms with van der Waals surface area (Å²) >= 11 is 0. The highest BCUT2D eigenvalue weighted by atomic mass is 127. The average molecular weight is 555 g/mol. The topological polar surface area (TPSA) is 60.0 Å². The number of guanidine groups is 1. The number of carbonyl (C=O) groups excluding carboxylic acids is 1. The Kier molecular flexibility index (Phi) is 11.6. The van der Waals surface area contributed by atoms with E-state index in [9.17, 15) is 18.0 Å². The van der Waals surface area contributed by atoms with E-state index in [-0.39, 0.29) is 29.9 Å². The summed E-state index contributed by atoms with van der Waals surface area (Å²) in [6.45, 7) is 7.86. The molecule has 1 saturated heterocycles. The number of amides is 1. The van der Waals surface area contributed by atoms with Crippen molar-refractivity contribution in [2.24, 2.45) is 4.99 Å². The van der Waals surface area contributed by atoms with Gasteiger partial charge in [-0.15, -0.1) is 24.0 Å². The molecule has 0 spiro atoms. The third-order valence-electron chi connectivity index (χ3n) is 5.07. The minimum absolute atomic E-state index is 0. The zero-order chi connectivity index (χ0) is 22.1. The van der Waals surface area contributed by atoms with E-state index in [1.54, 1.807) is 0 Å². The van der Waals surface area contributed by atoms with Gasteiger partial charge in [-0.05, 0) is 38.0 Å². The molecule has 0 bridgehead atoms. The van der Waals surface area contributed by atoms with Crippen LogP contribution in [0.3, 0.4) is 0 Å². The van der Waals surface area contributed by atoms with E-state index in [2.05, 4.69) is 15.6 Å². The van der Waals surface area contributed by atoms with Gasteiger partial charge >= 0.3 is 6.18 Å². The maximum absolute atomic E-state index is 13.0. The number of benzene rings is 1. The van der Waals surface area contributed by atoms with Gasteiger partial charge in [0.15, 0.2) is 5.96 Å². The summed E-state index contributed by atoms with van der Waals surface area (Å²) in [6, 6.07) is 6.10. The van der Waals surface area contributed by atoms with Gasteiger partial charge in [-0.1, -0.05) is 19.1 Å². The number of carbonyl (C=O) groups is 1. The van der Waals surface area contributed by atoms with Crippen molar-refractivity contribution in [2.45, 2.75) is 52.4 Å². The first kappa shape index (κ1) is 27.5. The number of halogens is 4. The van der Waals surface area contributed by atoms with Gasteiger partial charge in [0.25, 0.3) is 0 Å². The minimum atomic E-state index is -4.21. The van der Waals surface area contributed by atoms with Crippen LogP contribution >= 0.6 is 24.0 Å². The van der Waals surface area contributed by atoms with Crippen LogP contribution in [0, 0.1) is 0 Å². The van der Waals surface area contributed by atoms with E-state index in [1.807, 2.05) is 43.0 Å².